The molecule has 0 aliphatic carbocycles. The van der Waals surface area contributed by atoms with Crippen LogP contribution < -0.4 is 10.1 Å². The minimum Gasteiger partial charge on any atom is -0.497 e. The van der Waals surface area contributed by atoms with Gasteiger partial charge in [-0.15, -0.1) is 0 Å². The fourth-order valence-electron chi connectivity index (χ4n) is 2.18. The zero-order chi connectivity index (χ0) is 11.4. The zero-order valence-electron chi connectivity index (χ0n) is 9.65. The number of benzene rings is 1. The van der Waals surface area contributed by atoms with E-state index in [0.717, 1.165) is 24.3 Å². The van der Waals surface area contributed by atoms with Crippen molar-refractivity contribution in [2.45, 2.75) is 31.4 Å². The van der Waals surface area contributed by atoms with E-state index in [9.17, 15) is 5.11 Å². The lowest BCUT2D eigenvalue weighted by molar-refractivity contribution is 0.114. The van der Waals surface area contributed by atoms with Crippen molar-refractivity contribution in [2.24, 2.45) is 0 Å². The highest BCUT2D eigenvalue weighted by atomic mass is 16.5. The number of ether oxygens (including phenoxy) is 1. The van der Waals surface area contributed by atoms with E-state index in [-0.39, 0.29) is 6.04 Å². The van der Waals surface area contributed by atoms with Gasteiger partial charge in [-0.25, -0.2) is 0 Å². The first-order chi connectivity index (χ1) is 7.81. The minimum atomic E-state index is -0.411. The van der Waals surface area contributed by atoms with Crippen LogP contribution in [0.15, 0.2) is 24.3 Å². The Morgan fingerprint density at radius 1 is 1.31 bits per heavy atom. The summed E-state index contributed by atoms with van der Waals surface area (Å²) in [6.07, 6.45) is 3.05. The van der Waals surface area contributed by atoms with Gasteiger partial charge in [0.2, 0.25) is 0 Å². The highest BCUT2D eigenvalue weighted by Crippen LogP contribution is 2.24. The number of aliphatic hydroxyl groups is 1. The third-order valence-corrected chi connectivity index (χ3v) is 3.19. The number of rotatable bonds is 3. The quantitative estimate of drug-likeness (QED) is 0.818. The number of hydrogen-bond donors (Lipinski definition) is 2. The van der Waals surface area contributed by atoms with Crippen LogP contribution in [0, 0.1) is 0 Å². The molecule has 0 aromatic heterocycles. The van der Waals surface area contributed by atoms with Gasteiger partial charge in [-0.2, -0.15) is 0 Å². The predicted octanol–water partition coefficient (Wildman–Crippen LogP) is 1.87. The second-order valence-corrected chi connectivity index (χ2v) is 4.27. The third-order valence-electron chi connectivity index (χ3n) is 3.19. The average Bonchev–Trinajstić information content (AvgIpc) is 2.39. The van der Waals surface area contributed by atoms with Crippen LogP contribution >= 0.6 is 0 Å². The number of hydrogen-bond acceptors (Lipinski definition) is 3. The summed E-state index contributed by atoms with van der Waals surface area (Å²) < 4.78 is 5.10. The summed E-state index contributed by atoms with van der Waals surface area (Å²) in [7, 11) is 1.65. The third kappa shape index (κ3) is 2.54. The Kier molecular flexibility index (Phi) is 3.80. The standard InChI is InChI=1S/C13H19NO2/c1-16-11-7-5-10(6-8-11)13(15)12-4-2-3-9-14-12/h5-8,12-15H,2-4,9H2,1H3/t12-,13-/m1/s1. The van der Waals surface area contributed by atoms with Crippen LogP contribution in [0.2, 0.25) is 0 Å². The molecule has 88 valence electrons. The van der Waals surface area contributed by atoms with Gasteiger partial charge in [0.05, 0.1) is 13.2 Å². The Bertz CT molecular complexity index is 317. The van der Waals surface area contributed by atoms with Crippen LogP contribution in [0.1, 0.15) is 30.9 Å². The van der Waals surface area contributed by atoms with Crippen molar-refractivity contribution in [3.05, 3.63) is 29.8 Å². The molecular formula is C13H19NO2. The Hall–Kier alpha value is -1.06. The molecule has 0 amide bonds. The molecule has 1 aromatic carbocycles. The zero-order valence-corrected chi connectivity index (χ0v) is 9.65. The Labute approximate surface area is 96.4 Å². The molecule has 0 saturated carbocycles. The molecule has 1 saturated heterocycles. The fraction of sp³-hybridized carbons (Fsp3) is 0.538. The molecule has 0 radical (unpaired) electrons. The molecule has 16 heavy (non-hydrogen) atoms. The highest BCUT2D eigenvalue weighted by Gasteiger charge is 2.22. The van der Waals surface area contributed by atoms with Crippen LogP contribution in [0.4, 0.5) is 0 Å². The van der Waals surface area contributed by atoms with Crippen LogP contribution in [-0.2, 0) is 0 Å². The van der Waals surface area contributed by atoms with E-state index in [1.54, 1.807) is 7.11 Å². The van der Waals surface area contributed by atoms with E-state index >= 15 is 0 Å². The molecule has 2 rings (SSSR count). The Balaban J connectivity index is 2.04. The first kappa shape index (κ1) is 11.4. The maximum absolute atomic E-state index is 10.2. The number of methoxy groups -OCH3 is 1. The first-order valence-corrected chi connectivity index (χ1v) is 5.86. The molecule has 1 fully saturated rings. The summed E-state index contributed by atoms with van der Waals surface area (Å²) in [6, 6.07) is 7.84. The fourth-order valence-corrected chi connectivity index (χ4v) is 2.18. The summed E-state index contributed by atoms with van der Waals surface area (Å²) >= 11 is 0. The molecule has 2 atom stereocenters. The summed E-state index contributed by atoms with van der Waals surface area (Å²) in [4.78, 5) is 0. The second-order valence-electron chi connectivity index (χ2n) is 4.27. The first-order valence-electron chi connectivity index (χ1n) is 5.86. The summed E-state index contributed by atoms with van der Waals surface area (Å²) in [5, 5.41) is 13.6. The van der Waals surface area contributed by atoms with Crippen molar-refractivity contribution in [3.8, 4) is 5.75 Å². The highest BCUT2D eigenvalue weighted by molar-refractivity contribution is 5.29. The molecule has 1 aliphatic rings. The van der Waals surface area contributed by atoms with E-state index in [2.05, 4.69) is 5.32 Å². The van der Waals surface area contributed by atoms with Crippen molar-refractivity contribution in [2.75, 3.05) is 13.7 Å². The van der Waals surface area contributed by atoms with E-state index in [1.807, 2.05) is 24.3 Å². The van der Waals surface area contributed by atoms with Crippen LogP contribution in [0.3, 0.4) is 0 Å². The van der Waals surface area contributed by atoms with Gasteiger partial charge in [0, 0.05) is 6.04 Å². The minimum absolute atomic E-state index is 0.196. The SMILES string of the molecule is COc1ccc([C@@H](O)[C@H]2CCCCN2)cc1. The van der Waals surface area contributed by atoms with Crippen LogP contribution in [-0.4, -0.2) is 24.8 Å². The summed E-state index contributed by atoms with van der Waals surface area (Å²) in [5.41, 5.74) is 0.959. The van der Waals surface area contributed by atoms with Gasteiger partial charge >= 0.3 is 0 Å². The van der Waals surface area contributed by atoms with E-state index in [1.165, 1.54) is 12.8 Å². The lowest BCUT2D eigenvalue weighted by atomic mass is 9.95. The van der Waals surface area contributed by atoms with Gasteiger partial charge in [0.25, 0.3) is 0 Å². The smallest absolute Gasteiger partial charge is 0.118 e. The lowest BCUT2D eigenvalue weighted by Crippen LogP contribution is -2.38. The van der Waals surface area contributed by atoms with Crippen molar-refractivity contribution >= 4 is 0 Å². The van der Waals surface area contributed by atoms with Gasteiger partial charge in [-0.3, -0.25) is 0 Å². The molecule has 1 aliphatic heterocycles. The van der Waals surface area contributed by atoms with E-state index < -0.39 is 6.10 Å². The van der Waals surface area contributed by atoms with Crippen molar-refractivity contribution < 1.29 is 9.84 Å². The predicted molar refractivity (Wildman–Crippen MR) is 63.6 cm³/mol. The molecule has 0 spiro atoms. The Morgan fingerprint density at radius 3 is 2.62 bits per heavy atom. The van der Waals surface area contributed by atoms with Gasteiger partial charge < -0.3 is 15.2 Å². The topological polar surface area (TPSA) is 41.5 Å². The summed E-state index contributed by atoms with van der Waals surface area (Å²) in [5.74, 6) is 0.826. The number of nitrogens with one attached hydrogen (secondary N) is 1. The monoisotopic (exact) mass is 221 g/mol. The second kappa shape index (κ2) is 5.32. The normalized spacial score (nSPS) is 22.8. The molecule has 2 N–H and O–H groups in total. The van der Waals surface area contributed by atoms with Crippen molar-refractivity contribution in [3.63, 3.8) is 0 Å². The van der Waals surface area contributed by atoms with Gasteiger partial charge in [0.15, 0.2) is 0 Å². The van der Waals surface area contributed by atoms with Crippen molar-refractivity contribution in [1.82, 2.24) is 5.32 Å². The van der Waals surface area contributed by atoms with Gasteiger partial charge in [0.1, 0.15) is 5.75 Å². The average molecular weight is 221 g/mol. The molecular weight excluding hydrogens is 202 g/mol. The molecule has 1 aromatic rings. The molecule has 1 heterocycles. The molecule has 3 nitrogen and oxygen atoms in total. The lowest BCUT2D eigenvalue weighted by Gasteiger charge is -2.28. The van der Waals surface area contributed by atoms with Gasteiger partial charge in [-0.1, -0.05) is 18.6 Å². The molecule has 0 bridgehead atoms. The number of aliphatic hydroxyl groups excluding tert-OH is 1. The van der Waals surface area contributed by atoms with Crippen LogP contribution in [0.5, 0.6) is 5.75 Å². The van der Waals surface area contributed by atoms with Gasteiger partial charge in [-0.05, 0) is 37.1 Å². The summed E-state index contributed by atoms with van der Waals surface area (Å²) in [6.45, 7) is 1.01. The molecule has 3 heteroatoms. The Morgan fingerprint density at radius 2 is 2.06 bits per heavy atom. The number of piperidine rings is 1. The largest absolute Gasteiger partial charge is 0.497 e. The van der Waals surface area contributed by atoms with E-state index in [0.29, 0.717) is 0 Å². The molecule has 0 unspecified atom stereocenters. The van der Waals surface area contributed by atoms with E-state index in [4.69, 9.17) is 4.74 Å². The van der Waals surface area contributed by atoms with Crippen LogP contribution in [0.25, 0.3) is 0 Å². The van der Waals surface area contributed by atoms with Crippen molar-refractivity contribution in [1.29, 1.82) is 0 Å². The maximum Gasteiger partial charge on any atom is 0.118 e. The maximum atomic E-state index is 10.2.